The van der Waals surface area contributed by atoms with E-state index in [9.17, 15) is 4.79 Å². The Kier molecular flexibility index (Phi) is 6.45. The van der Waals surface area contributed by atoms with Crippen LogP contribution in [0, 0.1) is 0 Å². The first-order chi connectivity index (χ1) is 13.4. The van der Waals surface area contributed by atoms with Crippen LogP contribution in [0.1, 0.15) is 57.6 Å². The van der Waals surface area contributed by atoms with Gasteiger partial charge in [-0.05, 0) is 42.0 Å². The van der Waals surface area contributed by atoms with Crippen LogP contribution in [-0.4, -0.2) is 21.2 Å². The second kappa shape index (κ2) is 8.82. The third-order valence-electron chi connectivity index (χ3n) is 4.91. The molecule has 1 amide bonds. The van der Waals surface area contributed by atoms with Crippen LogP contribution in [0.25, 0.3) is 11.0 Å². The predicted octanol–water partition coefficient (Wildman–Crippen LogP) is 6.03. The van der Waals surface area contributed by atoms with Gasteiger partial charge in [-0.1, -0.05) is 69.8 Å². The number of rotatable bonds is 7. The Morgan fingerprint density at radius 2 is 1.68 bits per heavy atom. The quantitative estimate of drug-likeness (QED) is 0.497. The fourth-order valence-corrected chi connectivity index (χ4v) is 4.35. The Balaban J connectivity index is 1.79. The number of carbonyl (C=O) groups excluding carboxylic acids is 1. The van der Waals surface area contributed by atoms with Crippen LogP contribution in [0.3, 0.4) is 0 Å². The molecule has 1 aromatic heterocycles. The van der Waals surface area contributed by atoms with Crippen molar-refractivity contribution in [3.05, 3.63) is 53.6 Å². The van der Waals surface area contributed by atoms with Crippen LogP contribution in [0.2, 0.25) is 0 Å². The molecular weight excluding hydrogens is 366 g/mol. The highest BCUT2D eigenvalue weighted by molar-refractivity contribution is 7.99. The summed E-state index contributed by atoms with van der Waals surface area (Å²) in [5.74, 6) is 1.06. The van der Waals surface area contributed by atoms with Crippen LogP contribution in [0.4, 0.5) is 5.69 Å². The standard InChI is InChI=1S/C23H29N3OS/c1-6-26-20-13-8-7-12-19(20)24-23(26)28-14-21(27)25-22-17(15(2)3)10-9-11-18(22)16(4)5/h7-13,15-16H,6,14H2,1-5H3,(H,25,27). The molecule has 1 heterocycles. The lowest BCUT2D eigenvalue weighted by molar-refractivity contribution is -0.113. The molecule has 0 aliphatic rings. The van der Waals surface area contributed by atoms with E-state index in [0.717, 1.165) is 28.4 Å². The Labute approximate surface area is 171 Å². The third-order valence-corrected chi connectivity index (χ3v) is 5.88. The smallest absolute Gasteiger partial charge is 0.234 e. The van der Waals surface area contributed by atoms with E-state index in [1.807, 2.05) is 18.2 Å². The molecule has 3 aromatic rings. The second-order valence-electron chi connectivity index (χ2n) is 7.59. The maximum absolute atomic E-state index is 12.8. The highest BCUT2D eigenvalue weighted by Crippen LogP contribution is 2.32. The number of imidazole rings is 1. The van der Waals surface area contributed by atoms with Crippen molar-refractivity contribution in [2.75, 3.05) is 11.1 Å². The van der Waals surface area contributed by atoms with E-state index in [4.69, 9.17) is 4.98 Å². The number of aryl methyl sites for hydroxylation is 1. The number of hydrogen-bond donors (Lipinski definition) is 1. The first kappa shape index (κ1) is 20.5. The fraction of sp³-hybridized carbons (Fsp3) is 0.391. The van der Waals surface area contributed by atoms with Crippen LogP contribution in [0.15, 0.2) is 47.6 Å². The number of carbonyl (C=O) groups is 1. The minimum absolute atomic E-state index is 0.00899. The fourth-order valence-electron chi connectivity index (χ4n) is 3.47. The number of aromatic nitrogens is 2. The summed E-state index contributed by atoms with van der Waals surface area (Å²) in [5.41, 5.74) is 5.43. The van der Waals surface area contributed by atoms with Gasteiger partial charge in [0, 0.05) is 12.2 Å². The summed E-state index contributed by atoms with van der Waals surface area (Å²) < 4.78 is 2.16. The number of nitrogens with zero attached hydrogens (tertiary/aromatic N) is 2. The SMILES string of the molecule is CCn1c(SCC(=O)Nc2c(C(C)C)cccc2C(C)C)nc2ccccc21. The molecule has 0 atom stereocenters. The van der Waals surface area contributed by atoms with Crippen molar-refractivity contribution in [2.45, 2.75) is 58.2 Å². The van der Waals surface area contributed by atoms with Crippen LogP contribution >= 0.6 is 11.8 Å². The Hall–Kier alpha value is -2.27. The van der Waals surface area contributed by atoms with Crippen molar-refractivity contribution >= 4 is 34.4 Å². The lowest BCUT2D eigenvalue weighted by Gasteiger charge is -2.20. The average Bonchev–Trinajstić information content (AvgIpc) is 3.03. The lowest BCUT2D eigenvalue weighted by Crippen LogP contribution is -2.18. The van der Waals surface area contributed by atoms with E-state index < -0.39 is 0 Å². The van der Waals surface area contributed by atoms with Crippen molar-refractivity contribution in [1.29, 1.82) is 0 Å². The highest BCUT2D eigenvalue weighted by Gasteiger charge is 2.17. The maximum atomic E-state index is 12.8. The topological polar surface area (TPSA) is 46.9 Å². The molecule has 28 heavy (non-hydrogen) atoms. The Morgan fingerprint density at radius 1 is 1.04 bits per heavy atom. The lowest BCUT2D eigenvalue weighted by atomic mass is 9.92. The van der Waals surface area contributed by atoms with Gasteiger partial charge in [0.05, 0.1) is 16.8 Å². The summed E-state index contributed by atoms with van der Waals surface area (Å²) in [6.07, 6.45) is 0. The van der Waals surface area contributed by atoms with E-state index in [0.29, 0.717) is 17.6 Å². The molecule has 148 valence electrons. The zero-order valence-corrected chi connectivity index (χ0v) is 18.1. The monoisotopic (exact) mass is 395 g/mol. The van der Waals surface area contributed by atoms with Crippen LogP contribution in [-0.2, 0) is 11.3 Å². The number of fused-ring (bicyclic) bond motifs is 1. The summed E-state index contributed by atoms with van der Waals surface area (Å²) in [5, 5.41) is 4.08. The largest absolute Gasteiger partial charge is 0.325 e. The number of hydrogen-bond acceptors (Lipinski definition) is 3. The summed E-state index contributed by atoms with van der Waals surface area (Å²) in [6, 6.07) is 14.4. The van der Waals surface area contributed by atoms with E-state index >= 15 is 0 Å². The first-order valence-corrected chi connectivity index (χ1v) is 10.9. The molecule has 4 nitrogen and oxygen atoms in total. The molecule has 0 radical (unpaired) electrons. The molecule has 0 aliphatic carbocycles. The van der Waals surface area contributed by atoms with Gasteiger partial charge in [-0.25, -0.2) is 4.98 Å². The molecule has 0 unspecified atom stereocenters. The number of benzene rings is 2. The second-order valence-corrected chi connectivity index (χ2v) is 8.53. The van der Waals surface area contributed by atoms with Gasteiger partial charge in [-0.3, -0.25) is 4.79 Å². The summed E-state index contributed by atoms with van der Waals surface area (Å²) in [4.78, 5) is 17.5. The molecule has 0 bridgehead atoms. The minimum Gasteiger partial charge on any atom is -0.325 e. The predicted molar refractivity (Wildman–Crippen MR) is 119 cm³/mol. The normalized spacial score (nSPS) is 11.5. The maximum Gasteiger partial charge on any atom is 0.234 e. The first-order valence-electron chi connectivity index (χ1n) is 9.93. The van der Waals surface area contributed by atoms with Gasteiger partial charge in [-0.15, -0.1) is 0 Å². The molecular formula is C23H29N3OS. The Bertz CT molecular complexity index is 949. The van der Waals surface area contributed by atoms with Crippen molar-refractivity contribution < 1.29 is 4.79 Å². The molecule has 1 N–H and O–H groups in total. The zero-order valence-electron chi connectivity index (χ0n) is 17.3. The van der Waals surface area contributed by atoms with Gasteiger partial charge in [0.2, 0.25) is 5.91 Å². The van der Waals surface area contributed by atoms with E-state index in [1.54, 1.807) is 0 Å². The van der Waals surface area contributed by atoms with Crippen molar-refractivity contribution in [2.24, 2.45) is 0 Å². The number of nitrogens with one attached hydrogen (secondary N) is 1. The van der Waals surface area contributed by atoms with Crippen molar-refractivity contribution in [3.63, 3.8) is 0 Å². The molecule has 0 fully saturated rings. The van der Waals surface area contributed by atoms with Crippen LogP contribution in [0.5, 0.6) is 0 Å². The highest BCUT2D eigenvalue weighted by atomic mass is 32.2. The Morgan fingerprint density at radius 3 is 2.29 bits per heavy atom. The molecule has 0 saturated heterocycles. The van der Waals surface area contributed by atoms with Gasteiger partial charge in [0.1, 0.15) is 0 Å². The minimum atomic E-state index is 0.00899. The van der Waals surface area contributed by atoms with Crippen LogP contribution < -0.4 is 5.32 Å². The van der Waals surface area contributed by atoms with Crippen molar-refractivity contribution in [3.8, 4) is 0 Å². The van der Waals surface area contributed by atoms with Crippen molar-refractivity contribution in [1.82, 2.24) is 9.55 Å². The molecule has 5 heteroatoms. The molecule has 2 aromatic carbocycles. The number of para-hydroxylation sites is 3. The van der Waals surface area contributed by atoms with E-state index in [1.165, 1.54) is 22.9 Å². The molecule has 3 rings (SSSR count). The molecule has 0 aliphatic heterocycles. The van der Waals surface area contributed by atoms with Gasteiger partial charge in [-0.2, -0.15) is 0 Å². The van der Waals surface area contributed by atoms with E-state index in [-0.39, 0.29) is 5.91 Å². The summed E-state index contributed by atoms with van der Waals surface area (Å²) in [6.45, 7) is 11.6. The third kappa shape index (κ3) is 4.25. The zero-order chi connectivity index (χ0) is 20.3. The number of amides is 1. The van der Waals surface area contributed by atoms with Gasteiger partial charge in [0.15, 0.2) is 5.16 Å². The van der Waals surface area contributed by atoms with Gasteiger partial charge < -0.3 is 9.88 Å². The summed E-state index contributed by atoms with van der Waals surface area (Å²) >= 11 is 1.49. The molecule has 0 spiro atoms. The van der Waals surface area contributed by atoms with Gasteiger partial charge >= 0.3 is 0 Å². The number of thioether (sulfide) groups is 1. The van der Waals surface area contributed by atoms with Gasteiger partial charge in [0.25, 0.3) is 0 Å². The summed E-state index contributed by atoms with van der Waals surface area (Å²) in [7, 11) is 0. The van der Waals surface area contributed by atoms with E-state index in [2.05, 4.69) is 68.8 Å². The average molecular weight is 396 g/mol. The molecule has 0 saturated carbocycles. The number of anilines is 1.